The van der Waals surface area contributed by atoms with Crippen LogP contribution in [0.2, 0.25) is 0 Å². The minimum Gasteiger partial charge on any atom is -0.343 e. The Balaban J connectivity index is 3.80. The van der Waals surface area contributed by atoms with Gasteiger partial charge in [-0.15, -0.1) is 0 Å². The summed E-state index contributed by atoms with van der Waals surface area (Å²) in [6.07, 6.45) is 0.623. The second-order valence-electron chi connectivity index (χ2n) is 5.00. The van der Waals surface area contributed by atoms with E-state index in [0.717, 1.165) is 13.1 Å². The lowest BCUT2D eigenvalue weighted by molar-refractivity contribution is -0.131. The number of rotatable bonds is 6. The third-order valence-electron chi connectivity index (χ3n) is 2.55. The van der Waals surface area contributed by atoms with Crippen LogP contribution in [-0.2, 0) is 4.79 Å². The first-order valence-electron chi connectivity index (χ1n) is 5.78. The van der Waals surface area contributed by atoms with Gasteiger partial charge < -0.3 is 9.80 Å². The maximum atomic E-state index is 11.7. The average molecular weight is 214 g/mol. The maximum Gasteiger partial charge on any atom is 0.223 e. The van der Waals surface area contributed by atoms with Crippen molar-refractivity contribution < 1.29 is 4.79 Å². The molecule has 0 atom stereocenters. The highest BCUT2D eigenvalue weighted by Gasteiger charge is 2.12. The van der Waals surface area contributed by atoms with Crippen molar-refractivity contribution in [2.45, 2.75) is 40.2 Å². The molecule has 90 valence electrons. The smallest absolute Gasteiger partial charge is 0.223 e. The largest absolute Gasteiger partial charge is 0.343 e. The molecule has 15 heavy (non-hydrogen) atoms. The normalized spacial score (nSPS) is 11.5. The molecule has 0 radical (unpaired) electrons. The Morgan fingerprint density at radius 3 is 2.07 bits per heavy atom. The van der Waals surface area contributed by atoms with E-state index in [1.54, 1.807) is 0 Å². The SMILES string of the molecule is CC(C)CN(C)CCC(=O)N(C)C(C)C. The van der Waals surface area contributed by atoms with E-state index in [-0.39, 0.29) is 5.91 Å². The molecule has 0 saturated heterocycles. The summed E-state index contributed by atoms with van der Waals surface area (Å²) in [7, 11) is 3.94. The Kier molecular flexibility index (Phi) is 6.57. The molecule has 0 aliphatic carbocycles. The highest BCUT2D eigenvalue weighted by Crippen LogP contribution is 2.01. The fourth-order valence-electron chi connectivity index (χ4n) is 1.47. The number of carbonyl (C=O) groups excluding carboxylic acids is 1. The van der Waals surface area contributed by atoms with E-state index >= 15 is 0 Å². The molecule has 0 N–H and O–H groups in total. The van der Waals surface area contributed by atoms with Crippen LogP contribution in [0.1, 0.15) is 34.1 Å². The second kappa shape index (κ2) is 6.83. The molecular formula is C12H26N2O. The van der Waals surface area contributed by atoms with Crippen LogP contribution in [0.15, 0.2) is 0 Å². The Labute approximate surface area is 94.4 Å². The third kappa shape index (κ3) is 6.50. The van der Waals surface area contributed by atoms with E-state index in [4.69, 9.17) is 0 Å². The number of nitrogens with zero attached hydrogens (tertiary/aromatic N) is 2. The summed E-state index contributed by atoms with van der Waals surface area (Å²) in [4.78, 5) is 15.7. The molecule has 0 heterocycles. The zero-order chi connectivity index (χ0) is 12.0. The predicted octanol–water partition coefficient (Wildman–Crippen LogP) is 1.83. The van der Waals surface area contributed by atoms with Crippen molar-refractivity contribution in [3.63, 3.8) is 0 Å². The van der Waals surface area contributed by atoms with Gasteiger partial charge in [-0.05, 0) is 26.8 Å². The number of hydrogen-bond acceptors (Lipinski definition) is 2. The lowest BCUT2D eigenvalue weighted by atomic mass is 10.2. The molecule has 0 aromatic rings. The van der Waals surface area contributed by atoms with Crippen LogP contribution < -0.4 is 0 Å². The molecule has 0 spiro atoms. The van der Waals surface area contributed by atoms with Crippen molar-refractivity contribution in [2.24, 2.45) is 5.92 Å². The van der Waals surface area contributed by atoms with E-state index in [0.29, 0.717) is 18.4 Å². The standard InChI is InChI=1S/C12H26N2O/c1-10(2)9-13(5)8-7-12(15)14(6)11(3)4/h10-11H,7-9H2,1-6H3. The van der Waals surface area contributed by atoms with Gasteiger partial charge in [0.05, 0.1) is 0 Å². The summed E-state index contributed by atoms with van der Waals surface area (Å²) < 4.78 is 0. The summed E-state index contributed by atoms with van der Waals surface area (Å²) in [5.74, 6) is 0.897. The summed E-state index contributed by atoms with van der Waals surface area (Å²) in [5.41, 5.74) is 0. The van der Waals surface area contributed by atoms with Gasteiger partial charge in [0.2, 0.25) is 5.91 Å². The molecule has 0 fully saturated rings. The monoisotopic (exact) mass is 214 g/mol. The van der Waals surface area contributed by atoms with Gasteiger partial charge in [0, 0.05) is 32.6 Å². The lowest BCUT2D eigenvalue weighted by Crippen LogP contribution is -2.35. The minimum atomic E-state index is 0.237. The zero-order valence-corrected chi connectivity index (χ0v) is 11.1. The second-order valence-corrected chi connectivity index (χ2v) is 5.00. The third-order valence-corrected chi connectivity index (χ3v) is 2.55. The van der Waals surface area contributed by atoms with E-state index in [1.165, 1.54) is 0 Å². The van der Waals surface area contributed by atoms with Crippen LogP contribution >= 0.6 is 0 Å². The Morgan fingerprint density at radius 1 is 1.13 bits per heavy atom. The van der Waals surface area contributed by atoms with Gasteiger partial charge >= 0.3 is 0 Å². The van der Waals surface area contributed by atoms with E-state index < -0.39 is 0 Å². The van der Waals surface area contributed by atoms with Gasteiger partial charge in [-0.1, -0.05) is 13.8 Å². The Bertz CT molecular complexity index is 190. The lowest BCUT2D eigenvalue weighted by Gasteiger charge is -2.24. The molecule has 0 bridgehead atoms. The van der Waals surface area contributed by atoms with Crippen LogP contribution in [0.3, 0.4) is 0 Å². The Morgan fingerprint density at radius 2 is 1.67 bits per heavy atom. The van der Waals surface area contributed by atoms with Crippen molar-refractivity contribution >= 4 is 5.91 Å². The summed E-state index contributed by atoms with van der Waals surface area (Å²) in [6, 6.07) is 0.299. The van der Waals surface area contributed by atoms with Crippen LogP contribution in [0.25, 0.3) is 0 Å². The fourth-order valence-corrected chi connectivity index (χ4v) is 1.47. The molecule has 3 nitrogen and oxygen atoms in total. The fraction of sp³-hybridized carbons (Fsp3) is 0.917. The van der Waals surface area contributed by atoms with E-state index in [1.807, 2.05) is 25.8 Å². The van der Waals surface area contributed by atoms with Crippen LogP contribution in [0, 0.1) is 5.92 Å². The van der Waals surface area contributed by atoms with Crippen molar-refractivity contribution in [3.05, 3.63) is 0 Å². The average Bonchev–Trinajstić information content (AvgIpc) is 2.11. The molecular weight excluding hydrogens is 188 g/mol. The minimum absolute atomic E-state index is 0.237. The molecule has 1 amide bonds. The van der Waals surface area contributed by atoms with Crippen LogP contribution in [0.4, 0.5) is 0 Å². The van der Waals surface area contributed by atoms with Crippen LogP contribution in [-0.4, -0.2) is 48.9 Å². The van der Waals surface area contributed by atoms with E-state index in [2.05, 4.69) is 25.8 Å². The molecule has 0 aromatic heterocycles. The number of hydrogen-bond donors (Lipinski definition) is 0. The number of carbonyl (C=O) groups is 1. The van der Waals surface area contributed by atoms with Gasteiger partial charge in [-0.3, -0.25) is 4.79 Å². The first-order chi connectivity index (χ1) is 6.84. The van der Waals surface area contributed by atoms with Crippen molar-refractivity contribution in [3.8, 4) is 0 Å². The summed E-state index contributed by atoms with van der Waals surface area (Å²) in [5, 5.41) is 0. The van der Waals surface area contributed by atoms with Gasteiger partial charge in [0.15, 0.2) is 0 Å². The zero-order valence-electron chi connectivity index (χ0n) is 11.1. The van der Waals surface area contributed by atoms with Gasteiger partial charge in [0.25, 0.3) is 0 Å². The van der Waals surface area contributed by atoms with Crippen molar-refractivity contribution in [1.29, 1.82) is 0 Å². The summed E-state index contributed by atoms with van der Waals surface area (Å²) >= 11 is 0. The molecule has 0 unspecified atom stereocenters. The number of amides is 1. The van der Waals surface area contributed by atoms with Gasteiger partial charge in [0.1, 0.15) is 0 Å². The molecule has 0 rings (SSSR count). The first kappa shape index (κ1) is 14.4. The molecule has 0 aromatic carbocycles. The molecule has 0 aliphatic heterocycles. The van der Waals surface area contributed by atoms with Crippen molar-refractivity contribution in [2.75, 3.05) is 27.2 Å². The van der Waals surface area contributed by atoms with Gasteiger partial charge in [-0.25, -0.2) is 0 Å². The van der Waals surface area contributed by atoms with Crippen LogP contribution in [0.5, 0.6) is 0 Å². The molecule has 0 aliphatic rings. The summed E-state index contributed by atoms with van der Waals surface area (Å²) in [6.45, 7) is 10.4. The molecule has 0 saturated carbocycles. The van der Waals surface area contributed by atoms with Crippen molar-refractivity contribution in [1.82, 2.24) is 9.80 Å². The highest BCUT2D eigenvalue weighted by molar-refractivity contribution is 5.76. The Hall–Kier alpha value is -0.570. The van der Waals surface area contributed by atoms with E-state index in [9.17, 15) is 4.79 Å². The first-order valence-corrected chi connectivity index (χ1v) is 5.78. The maximum absolute atomic E-state index is 11.7. The topological polar surface area (TPSA) is 23.6 Å². The highest BCUT2D eigenvalue weighted by atomic mass is 16.2. The van der Waals surface area contributed by atoms with Gasteiger partial charge in [-0.2, -0.15) is 0 Å². The quantitative estimate of drug-likeness (QED) is 0.673. The molecule has 3 heteroatoms. The predicted molar refractivity (Wildman–Crippen MR) is 64.9 cm³/mol.